The first kappa shape index (κ1) is 20.2. The molecule has 1 fully saturated rings. The maximum absolute atomic E-state index is 13.4. The fraction of sp³-hybridized carbons (Fsp3) is 0.333. The van der Waals surface area contributed by atoms with Crippen LogP contribution in [-0.2, 0) is 14.8 Å². The highest BCUT2D eigenvalue weighted by molar-refractivity contribution is 7.89. The van der Waals surface area contributed by atoms with Crippen molar-refractivity contribution in [2.45, 2.75) is 10.9 Å². The predicted octanol–water partition coefficient (Wildman–Crippen LogP) is 2.97. The van der Waals surface area contributed by atoms with Crippen LogP contribution in [0.3, 0.4) is 0 Å². The second-order valence-corrected chi connectivity index (χ2v) is 8.38. The number of sulfonamides is 1. The average Bonchev–Trinajstić information content (AvgIpc) is 2.62. The molecule has 1 aliphatic rings. The topological polar surface area (TPSA) is 58.6 Å². The molecule has 1 saturated heterocycles. The standard InChI is InChI=1S/C18H19ClF2N2O3S/c19-14-3-1-2-13(8-14)18(23-4-6-26-7-5-23)12-22-27(24,25)17-10-15(20)9-16(21)11-17/h1-3,8-11,18,22H,4-7,12H2. The van der Waals surface area contributed by atoms with Crippen molar-refractivity contribution in [2.75, 3.05) is 32.8 Å². The Bertz CT molecular complexity index is 885. The number of rotatable bonds is 6. The Labute approximate surface area is 161 Å². The molecular weight excluding hydrogens is 398 g/mol. The van der Waals surface area contributed by atoms with Crippen LogP contribution < -0.4 is 4.72 Å². The van der Waals surface area contributed by atoms with E-state index in [2.05, 4.69) is 9.62 Å². The molecule has 1 N–H and O–H groups in total. The van der Waals surface area contributed by atoms with E-state index in [9.17, 15) is 17.2 Å². The van der Waals surface area contributed by atoms with Gasteiger partial charge in [-0.1, -0.05) is 23.7 Å². The van der Waals surface area contributed by atoms with Gasteiger partial charge in [0.15, 0.2) is 0 Å². The molecule has 1 heterocycles. The average molecular weight is 417 g/mol. The van der Waals surface area contributed by atoms with Gasteiger partial charge in [0.2, 0.25) is 10.0 Å². The van der Waals surface area contributed by atoms with Crippen molar-refractivity contribution in [3.05, 3.63) is 64.7 Å². The Hall–Kier alpha value is -1.58. The Kier molecular flexibility index (Phi) is 6.44. The van der Waals surface area contributed by atoms with Gasteiger partial charge in [-0.25, -0.2) is 21.9 Å². The first-order valence-electron chi connectivity index (χ1n) is 8.38. The number of ether oxygens (including phenoxy) is 1. The van der Waals surface area contributed by atoms with Crippen LogP contribution in [0.4, 0.5) is 8.78 Å². The minimum absolute atomic E-state index is 0.0286. The van der Waals surface area contributed by atoms with E-state index in [0.717, 1.165) is 17.7 Å². The third kappa shape index (κ3) is 5.24. The molecule has 0 aromatic heterocycles. The number of halogens is 3. The van der Waals surface area contributed by atoms with E-state index < -0.39 is 26.6 Å². The van der Waals surface area contributed by atoms with Crippen LogP contribution in [0.1, 0.15) is 11.6 Å². The number of hydrogen-bond acceptors (Lipinski definition) is 4. The van der Waals surface area contributed by atoms with Gasteiger partial charge in [-0.3, -0.25) is 4.90 Å². The Balaban J connectivity index is 1.83. The first-order chi connectivity index (χ1) is 12.8. The number of nitrogens with zero attached hydrogens (tertiary/aromatic N) is 1. The van der Waals surface area contributed by atoms with Crippen molar-refractivity contribution >= 4 is 21.6 Å². The van der Waals surface area contributed by atoms with Gasteiger partial charge < -0.3 is 4.74 Å². The quantitative estimate of drug-likeness (QED) is 0.786. The van der Waals surface area contributed by atoms with Crippen LogP contribution in [0.15, 0.2) is 47.4 Å². The molecular formula is C18H19ClF2N2O3S. The molecule has 27 heavy (non-hydrogen) atoms. The minimum Gasteiger partial charge on any atom is -0.379 e. The van der Waals surface area contributed by atoms with Gasteiger partial charge in [0.1, 0.15) is 11.6 Å². The molecule has 2 aromatic rings. The summed E-state index contributed by atoms with van der Waals surface area (Å²) in [5.74, 6) is -1.90. The first-order valence-corrected chi connectivity index (χ1v) is 10.2. The zero-order valence-electron chi connectivity index (χ0n) is 14.4. The van der Waals surface area contributed by atoms with Gasteiger partial charge in [-0.2, -0.15) is 0 Å². The molecule has 0 saturated carbocycles. The van der Waals surface area contributed by atoms with Crippen LogP contribution >= 0.6 is 11.6 Å². The zero-order valence-corrected chi connectivity index (χ0v) is 15.9. The van der Waals surface area contributed by atoms with Crippen molar-refractivity contribution in [3.63, 3.8) is 0 Å². The zero-order chi connectivity index (χ0) is 19.4. The van der Waals surface area contributed by atoms with Crippen LogP contribution in [0.25, 0.3) is 0 Å². The Morgan fingerprint density at radius 1 is 1.11 bits per heavy atom. The van der Waals surface area contributed by atoms with Crippen LogP contribution in [-0.4, -0.2) is 46.2 Å². The number of benzene rings is 2. The lowest BCUT2D eigenvalue weighted by molar-refractivity contribution is 0.0172. The van der Waals surface area contributed by atoms with E-state index in [0.29, 0.717) is 37.4 Å². The van der Waals surface area contributed by atoms with Crippen molar-refractivity contribution < 1.29 is 21.9 Å². The Morgan fingerprint density at radius 3 is 2.41 bits per heavy atom. The van der Waals surface area contributed by atoms with E-state index in [-0.39, 0.29) is 12.6 Å². The lowest BCUT2D eigenvalue weighted by atomic mass is 10.1. The van der Waals surface area contributed by atoms with E-state index in [1.807, 2.05) is 6.07 Å². The van der Waals surface area contributed by atoms with E-state index >= 15 is 0 Å². The highest BCUT2D eigenvalue weighted by atomic mass is 35.5. The summed E-state index contributed by atoms with van der Waals surface area (Å²) in [7, 11) is -4.08. The normalized spacial score (nSPS) is 17.0. The highest BCUT2D eigenvalue weighted by Gasteiger charge is 2.25. The van der Waals surface area contributed by atoms with Gasteiger partial charge in [0.05, 0.1) is 18.1 Å². The molecule has 9 heteroatoms. The summed E-state index contributed by atoms with van der Waals surface area (Å²) < 4.78 is 59.6. The van der Waals surface area contributed by atoms with Gasteiger partial charge in [0, 0.05) is 36.8 Å². The predicted molar refractivity (Wildman–Crippen MR) is 98.1 cm³/mol. The molecule has 1 aliphatic heterocycles. The molecule has 146 valence electrons. The summed E-state index contributed by atoms with van der Waals surface area (Å²) >= 11 is 6.08. The molecule has 0 amide bonds. The van der Waals surface area contributed by atoms with Crippen molar-refractivity contribution in [2.24, 2.45) is 0 Å². The molecule has 1 unspecified atom stereocenters. The summed E-state index contributed by atoms with van der Waals surface area (Å²) in [5, 5.41) is 0.542. The fourth-order valence-electron chi connectivity index (χ4n) is 3.02. The second-order valence-electron chi connectivity index (χ2n) is 6.18. The maximum atomic E-state index is 13.4. The van der Waals surface area contributed by atoms with E-state index in [1.54, 1.807) is 18.2 Å². The highest BCUT2D eigenvalue weighted by Crippen LogP contribution is 2.25. The summed E-state index contributed by atoms with van der Waals surface area (Å²) in [6, 6.07) is 9.08. The van der Waals surface area contributed by atoms with E-state index in [1.165, 1.54) is 0 Å². The maximum Gasteiger partial charge on any atom is 0.240 e. The third-order valence-electron chi connectivity index (χ3n) is 4.33. The van der Waals surface area contributed by atoms with Crippen molar-refractivity contribution in [3.8, 4) is 0 Å². The van der Waals surface area contributed by atoms with Gasteiger partial charge >= 0.3 is 0 Å². The molecule has 2 aromatic carbocycles. The van der Waals surface area contributed by atoms with Crippen LogP contribution in [0.2, 0.25) is 5.02 Å². The minimum atomic E-state index is -4.08. The second kappa shape index (κ2) is 8.62. The van der Waals surface area contributed by atoms with Crippen LogP contribution in [0.5, 0.6) is 0 Å². The molecule has 1 atom stereocenters. The number of morpholine rings is 1. The summed E-state index contributed by atoms with van der Waals surface area (Å²) in [6.45, 7) is 2.37. The third-order valence-corrected chi connectivity index (χ3v) is 5.97. The van der Waals surface area contributed by atoms with Gasteiger partial charge in [-0.05, 0) is 29.8 Å². The lowest BCUT2D eigenvalue weighted by Gasteiger charge is -2.35. The smallest absolute Gasteiger partial charge is 0.240 e. The monoisotopic (exact) mass is 416 g/mol. The summed E-state index contributed by atoms with van der Waals surface area (Å²) in [4.78, 5) is 1.64. The Morgan fingerprint density at radius 2 is 1.78 bits per heavy atom. The number of nitrogens with one attached hydrogen (secondary N) is 1. The summed E-state index contributed by atoms with van der Waals surface area (Å²) in [6.07, 6.45) is 0. The van der Waals surface area contributed by atoms with Crippen molar-refractivity contribution in [1.82, 2.24) is 9.62 Å². The van der Waals surface area contributed by atoms with E-state index in [4.69, 9.17) is 16.3 Å². The molecule has 3 rings (SSSR count). The number of hydrogen-bond donors (Lipinski definition) is 1. The molecule has 0 aliphatic carbocycles. The lowest BCUT2D eigenvalue weighted by Crippen LogP contribution is -2.43. The molecule has 0 spiro atoms. The fourth-order valence-corrected chi connectivity index (χ4v) is 4.29. The summed E-state index contributed by atoms with van der Waals surface area (Å²) in [5.41, 5.74) is 0.845. The van der Waals surface area contributed by atoms with Crippen molar-refractivity contribution in [1.29, 1.82) is 0 Å². The van der Waals surface area contributed by atoms with Gasteiger partial charge in [0.25, 0.3) is 0 Å². The van der Waals surface area contributed by atoms with Crippen LogP contribution in [0, 0.1) is 11.6 Å². The molecule has 0 bridgehead atoms. The molecule has 0 radical (unpaired) electrons. The van der Waals surface area contributed by atoms with Gasteiger partial charge in [-0.15, -0.1) is 0 Å². The molecule has 5 nitrogen and oxygen atoms in total. The SMILES string of the molecule is O=S(=O)(NCC(c1cccc(Cl)c1)N1CCOCC1)c1cc(F)cc(F)c1. The largest absolute Gasteiger partial charge is 0.379 e.